The van der Waals surface area contributed by atoms with E-state index in [-0.39, 0.29) is 17.1 Å². The Hall–Kier alpha value is -2.61. The van der Waals surface area contributed by atoms with Gasteiger partial charge in [0, 0.05) is 11.2 Å². The number of thioether (sulfide) groups is 1. The largest absolute Gasteiger partial charge is 0.427 e. The van der Waals surface area contributed by atoms with Crippen LogP contribution >= 0.6 is 11.8 Å². The van der Waals surface area contributed by atoms with Crippen LogP contribution in [-0.2, 0) is 35.1 Å². The number of carbonyl (C=O) groups is 4. The summed E-state index contributed by atoms with van der Waals surface area (Å²) >= 11 is 1.44. The average molecular weight is 460 g/mol. The molecule has 3 rings (SSSR count). The van der Waals surface area contributed by atoms with E-state index < -0.39 is 34.9 Å². The molecule has 0 spiro atoms. The Morgan fingerprint density at radius 2 is 1.78 bits per heavy atom. The molecular formula is C24H29NO6S. The molecule has 1 amide bonds. The maximum atomic E-state index is 12.8. The van der Waals surface area contributed by atoms with Crippen LogP contribution in [0.5, 0.6) is 0 Å². The summed E-state index contributed by atoms with van der Waals surface area (Å²) in [6, 6.07) is 8.86. The zero-order valence-corrected chi connectivity index (χ0v) is 19.9. The first kappa shape index (κ1) is 24.0. The van der Waals surface area contributed by atoms with Crippen LogP contribution in [-0.4, -0.2) is 51.5 Å². The van der Waals surface area contributed by atoms with Crippen molar-refractivity contribution in [1.82, 2.24) is 4.90 Å². The number of esters is 2. The summed E-state index contributed by atoms with van der Waals surface area (Å²) in [5.74, 6) is -1.57. The normalized spacial score (nSPS) is 22.8. The quantitative estimate of drug-likeness (QED) is 0.268. The molecule has 2 atom stereocenters. The Morgan fingerprint density at radius 1 is 1.12 bits per heavy atom. The molecule has 1 aromatic carbocycles. The molecule has 0 unspecified atom stereocenters. The van der Waals surface area contributed by atoms with Gasteiger partial charge in [-0.15, -0.1) is 11.8 Å². The number of amides is 1. The standard InChI is InChI=1S/C24H29NO6S/c1-23(2,3)22(29)31-14-30-21(28)18-24(4,5)32-20-17(19(27)25(18)20)13-16(26)12-11-15-9-7-6-8-10-15/h6-10,13,18,20H,11-12,14H2,1-5H3/b17-13-/t18-,20+/m0/s1. The fourth-order valence-electron chi connectivity index (χ4n) is 3.63. The zero-order chi connectivity index (χ0) is 23.7. The van der Waals surface area contributed by atoms with Gasteiger partial charge in [-0.2, -0.15) is 0 Å². The molecule has 2 saturated heterocycles. The first-order valence-electron chi connectivity index (χ1n) is 10.5. The third kappa shape index (κ3) is 5.06. The number of hydrogen-bond acceptors (Lipinski definition) is 7. The number of ether oxygens (including phenoxy) is 2. The maximum absolute atomic E-state index is 12.8. The zero-order valence-electron chi connectivity index (χ0n) is 19.0. The van der Waals surface area contributed by atoms with Crippen LogP contribution in [0.4, 0.5) is 0 Å². The second-order valence-electron chi connectivity index (χ2n) is 9.50. The van der Waals surface area contributed by atoms with Crippen LogP contribution in [0.2, 0.25) is 0 Å². The van der Waals surface area contributed by atoms with E-state index in [1.807, 2.05) is 44.2 Å². The molecular weight excluding hydrogens is 430 g/mol. The Labute approximate surface area is 192 Å². The summed E-state index contributed by atoms with van der Waals surface area (Å²) in [5.41, 5.74) is 0.767. The molecule has 0 aromatic heterocycles. The number of fused-ring (bicyclic) bond motifs is 1. The van der Waals surface area contributed by atoms with E-state index in [1.165, 1.54) is 22.7 Å². The van der Waals surface area contributed by atoms with E-state index in [9.17, 15) is 19.2 Å². The molecule has 2 fully saturated rings. The van der Waals surface area contributed by atoms with Crippen LogP contribution in [0, 0.1) is 5.41 Å². The molecule has 2 heterocycles. The first-order chi connectivity index (χ1) is 14.9. The maximum Gasteiger partial charge on any atom is 0.333 e. The van der Waals surface area contributed by atoms with Crippen molar-refractivity contribution in [2.45, 2.75) is 63.6 Å². The SMILES string of the molecule is CC(C)(C)C(=O)OCOC(=O)[C@@H]1N2C(=O)/C(=C/C(=O)CCc3ccccc3)[C@H]2SC1(C)C. The Bertz CT molecular complexity index is 947. The van der Waals surface area contributed by atoms with E-state index in [4.69, 9.17) is 9.47 Å². The van der Waals surface area contributed by atoms with Crippen LogP contribution in [0.25, 0.3) is 0 Å². The van der Waals surface area contributed by atoms with Crippen LogP contribution in [0.3, 0.4) is 0 Å². The summed E-state index contributed by atoms with van der Waals surface area (Å²) in [5, 5.41) is -0.368. The van der Waals surface area contributed by atoms with E-state index in [0.29, 0.717) is 18.4 Å². The molecule has 8 heteroatoms. The highest BCUT2D eigenvalue weighted by Crippen LogP contribution is 2.53. The number of ketones is 1. The van der Waals surface area contributed by atoms with E-state index in [0.717, 1.165) is 5.56 Å². The number of hydrogen-bond donors (Lipinski definition) is 0. The molecule has 2 aliphatic heterocycles. The molecule has 0 N–H and O–H groups in total. The average Bonchev–Trinajstić information content (AvgIpc) is 2.98. The predicted molar refractivity (Wildman–Crippen MR) is 120 cm³/mol. The van der Waals surface area contributed by atoms with Crippen molar-refractivity contribution in [2.24, 2.45) is 5.41 Å². The van der Waals surface area contributed by atoms with Crippen LogP contribution in [0.1, 0.15) is 46.6 Å². The topological polar surface area (TPSA) is 90.0 Å². The summed E-state index contributed by atoms with van der Waals surface area (Å²) in [6.07, 6.45) is 2.33. The lowest BCUT2D eigenvalue weighted by Gasteiger charge is -2.39. The second-order valence-corrected chi connectivity index (χ2v) is 11.2. The van der Waals surface area contributed by atoms with Crippen molar-refractivity contribution in [2.75, 3.05) is 6.79 Å². The van der Waals surface area contributed by atoms with Crippen molar-refractivity contribution in [3.8, 4) is 0 Å². The van der Waals surface area contributed by atoms with Gasteiger partial charge in [-0.25, -0.2) is 4.79 Å². The number of aryl methyl sites for hydroxylation is 1. The van der Waals surface area contributed by atoms with Gasteiger partial charge in [-0.1, -0.05) is 30.3 Å². The van der Waals surface area contributed by atoms with E-state index in [2.05, 4.69) is 0 Å². The minimum Gasteiger partial charge on any atom is -0.427 e. The minimum absolute atomic E-state index is 0.115. The highest BCUT2D eigenvalue weighted by Gasteiger charge is 2.61. The number of allylic oxidation sites excluding steroid dienone is 1. The minimum atomic E-state index is -0.824. The molecule has 7 nitrogen and oxygen atoms in total. The molecule has 172 valence electrons. The number of benzene rings is 1. The van der Waals surface area contributed by atoms with Gasteiger partial charge in [0.2, 0.25) is 6.79 Å². The molecule has 2 aliphatic rings. The number of rotatable bonds is 7. The van der Waals surface area contributed by atoms with Gasteiger partial charge in [-0.3, -0.25) is 14.4 Å². The summed E-state index contributed by atoms with van der Waals surface area (Å²) < 4.78 is 9.54. The fourth-order valence-corrected chi connectivity index (χ4v) is 5.17. The van der Waals surface area contributed by atoms with Crippen LogP contribution < -0.4 is 0 Å². The molecule has 1 aromatic rings. The lowest BCUT2D eigenvalue weighted by molar-refractivity contribution is -0.178. The second kappa shape index (κ2) is 9.10. The summed E-state index contributed by atoms with van der Waals surface area (Å²) in [7, 11) is 0. The van der Waals surface area contributed by atoms with E-state index >= 15 is 0 Å². The van der Waals surface area contributed by atoms with Gasteiger partial charge in [-0.05, 0) is 52.7 Å². The van der Waals surface area contributed by atoms with Crippen LogP contribution in [0.15, 0.2) is 42.0 Å². The van der Waals surface area contributed by atoms with Crippen molar-refractivity contribution >= 4 is 35.4 Å². The van der Waals surface area contributed by atoms with E-state index in [1.54, 1.807) is 20.8 Å². The van der Waals surface area contributed by atoms with Gasteiger partial charge < -0.3 is 14.4 Å². The Morgan fingerprint density at radius 3 is 2.41 bits per heavy atom. The van der Waals surface area contributed by atoms with Gasteiger partial charge in [0.25, 0.3) is 5.91 Å². The highest BCUT2D eigenvalue weighted by atomic mass is 32.2. The fraction of sp³-hybridized carbons (Fsp3) is 0.500. The third-order valence-corrected chi connectivity index (χ3v) is 6.93. The van der Waals surface area contributed by atoms with Gasteiger partial charge in [0.1, 0.15) is 11.4 Å². The summed E-state index contributed by atoms with van der Waals surface area (Å²) in [4.78, 5) is 51.2. The number of carbonyl (C=O) groups excluding carboxylic acids is 4. The third-order valence-electron chi connectivity index (χ3n) is 5.40. The van der Waals surface area contributed by atoms with Crippen molar-refractivity contribution in [1.29, 1.82) is 0 Å². The molecule has 0 bridgehead atoms. The molecule has 32 heavy (non-hydrogen) atoms. The Kier molecular flexibility index (Phi) is 6.83. The van der Waals surface area contributed by atoms with Gasteiger partial charge in [0.05, 0.1) is 11.0 Å². The lowest BCUT2D eigenvalue weighted by atomic mass is 9.94. The Balaban J connectivity index is 1.60. The molecule has 0 saturated carbocycles. The first-order valence-corrected chi connectivity index (χ1v) is 11.4. The van der Waals surface area contributed by atoms with Gasteiger partial charge in [0.15, 0.2) is 5.78 Å². The molecule has 0 radical (unpaired) electrons. The van der Waals surface area contributed by atoms with Crippen molar-refractivity contribution in [3.05, 3.63) is 47.5 Å². The summed E-state index contributed by atoms with van der Waals surface area (Å²) in [6.45, 7) is 8.31. The number of nitrogens with zero attached hydrogens (tertiary/aromatic N) is 1. The monoisotopic (exact) mass is 459 g/mol. The van der Waals surface area contributed by atoms with Gasteiger partial charge >= 0.3 is 11.9 Å². The lowest BCUT2D eigenvalue weighted by Crippen LogP contribution is -2.59. The van der Waals surface area contributed by atoms with Crippen molar-refractivity contribution < 1.29 is 28.7 Å². The van der Waals surface area contributed by atoms with Crippen molar-refractivity contribution in [3.63, 3.8) is 0 Å². The molecule has 0 aliphatic carbocycles. The predicted octanol–water partition coefficient (Wildman–Crippen LogP) is 3.27. The number of β-lactam (4-membered cyclic amide) rings is 1. The highest BCUT2D eigenvalue weighted by molar-refractivity contribution is 8.01. The smallest absolute Gasteiger partial charge is 0.333 e.